The van der Waals surface area contributed by atoms with Gasteiger partial charge in [-0.2, -0.15) is 0 Å². The van der Waals surface area contributed by atoms with Crippen LogP contribution in [0.3, 0.4) is 0 Å². The third-order valence-corrected chi connectivity index (χ3v) is 2.92. The summed E-state index contributed by atoms with van der Waals surface area (Å²) in [6.45, 7) is 2.88. The van der Waals surface area contributed by atoms with Crippen LogP contribution in [0.25, 0.3) is 0 Å². The maximum atomic E-state index is 12.1. The fraction of sp³-hybridized carbons (Fsp3) is 0.467. The van der Waals surface area contributed by atoms with Gasteiger partial charge in [-0.25, -0.2) is 4.79 Å². The molecule has 1 aromatic rings. The van der Waals surface area contributed by atoms with Crippen LogP contribution >= 0.6 is 0 Å². The summed E-state index contributed by atoms with van der Waals surface area (Å²) in [4.78, 5) is 24.3. The van der Waals surface area contributed by atoms with Gasteiger partial charge >= 0.3 is 12.0 Å². The van der Waals surface area contributed by atoms with Gasteiger partial charge in [0.2, 0.25) is 0 Å². The fourth-order valence-electron chi connectivity index (χ4n) is 1.83. The smallest absolute Gasteiger partial charge is 0.321 e. The minimum atomic E-state index is -0.912. The number of carbonyl (C=O) groups is 2. The Bertz CT molecular complexity index is 420. The van der Waals surface area contributed by atoms with Gasteiger partial charge in [0, 0.05) is 18.8 Å². The van der Waals surface area contributed by atoms with E-state index in [-0.39, 0.29) is 19.0 Å². The highest BCUT2D eigenvalue weighted by molar-refractivity contribution is 5.92. The van der Waals surface area contributed by atoms with E-state index >= 15 is 0 Å². The molecule has 0 aliphatic carbocycles. The van der Waals surface area contributed by atoms with Crippen molar-refractivity contribution in [2.24, 2.45) is 0 Å². The summed E-state index contributed by atoms with van der Waals surface area (Å²) in [5.74, 6) is -0.912. The molecule has 110 valence electrons. The number of urea groups is 1. The van der Waals surface area contributed by atoms with E-state index in [0.29, 0.717) is 12.2 Å². The number of carbonyl (C=O) groups excluding carboxylic acids is 1. The largest absolute Gasteiger partial charge is 0.481 e. The second kappa shape index (κ2) is 8.96. The molecule has 0 aliphatic rings. The van der Waals surface area contributed by atoms with Crippen LogP contribution in [0, 0.1) is 0 Å². The standard InChI is InChI=1S/C15H22N2O3/c1-2-3-7-11-16-15(20)17(12-10-14(18)19)13-8-5-4-6-9-13/h4-6,8-9H,2-3,7,10-12H2,1H3,(H,16,20)(H,18,19). The van der Waals surface area contributed by atoms with Crippen LogP contribution < -0.4 is 10.2 Å². The molecule has 0 bridgehead atoms. The molecule has 0 spiro atoms. The van der Waals surface area contributed by atoms with Crippen LogP contribution in [0.1, 0.15) is 32.6 Å². The number of amides is 2. The van der Waals surface area contributed by atoms with Crippen molar-refractivity contribution in [2.45, 2.75) is 32.6 Å². The van der Waals surface area contributed by atoms with E-state index in [4.69, 9.17) is 5.11 Å². The monoisotopic (exact) mass is 278 g/mol. The molecule has 0 fully saturated rings. The molecule has 5 nitrogen and oxygen atoms in total. The van der Waals surface area contributed by atoms with Crippen molar-refractivity contribution < 1.29 is 14.7 Å². The molecular formula is C15H22N2O3. The Balaban J connectivity index is 2.62. The first kappa shape index (κ1) is 16.0. The van der Waals surface area contributed by atoms with E-state index in [0.717, 1.165) is 19.3 Å². The number of benzene rings is 1. The van der Waals surface area contributed by atoms with Crippen LogP contribution in [0.4, 0.5) is 10.5 Å². The summed E-state index contributed by atoms with van der Waals surface area (Å²) in [6.07, 6.45) is 3.03. The van der Waals surface area contributed by atoms with E-state index in [9.17, 15) is 9.59 Å². The lowest BCUT2D eigenvalue weighted by atomic mass is 10.2. The van der Waals surface area contributed by atoms with Crippen LogP contribution in [0.15, 0.2) is 30.3 Å². The lowest BCUT2D eigenvalue weighted by Crippen LogP contribution is -2.41. The number of anilines is 1. The average Bonchev–Trinajstić information content (AvgIpc) is 2.44. The molecule has 0 atom stereocenters. The van der Waals surface area contributed by atoms with E-state index < -0.39 is 5.97 Å². The summed E-state index contributed by atoms with van der Waals surface area (Å²) >= 11 is 0. The van der Waals surface area contributed by atoms with E-state index in [1.807, 2.05) is 18.2 Å². The first-order valence-corrected chi connectivity index (χ1v) is 6.97. The summed E-state index contributed by atoms with van der Waals surface area (Å²) in [7, 11) is 0. The Morgan fingerprint density at radius 1 is 1.20 bits per heavy atom. The third kappa shape index (κ3) is 5.73. The van der Waals surface area contributed by atoms with Crippen molar-refractivity contribution >= 4 is 17.7 Å². The number of carboxylic acid groups (broad SMARTS) is 1. The first-order chi connectivity index (χ1) is 9.65. The number of hydrogen-bond donors (Lipinski definition) is 2. The van der Waals surface area contributed by atoms with Gasteiger partial charge in [0.05, 0.1) is 6.42 Å². The summed E-state index contributed by atoms with van der Waals surface area (Å²) < 4.78 is 0. The highest BCUT2D eigenvalue weighted by atomic mass is 16.4. The second-order valence-electron chi connectivity index (χ2n) is 4.57. The van der Waals surface area contributed by atoms with E-state index in [1.165, 1.54) is 4.90 Å². The normalized spacial score (nSPS) is 10.1. The number of nitrogens with one attached hydrogen (secondary N) is 1. The Hall–Kier alpha value is -2.04. The predicted molar refractivity (Wildman–Crippen MR) is 79.0 cm³/mol. The fourth-order valence-corrected chi connectivity index (χ4v) is 1.83. The molecule has 0 saturated heterocycles. The lowest BCUT2D eigenvalue weighted by molar-refractivity contribution is -0.136. The zero-order valence-electron chi connectivity index (χ0n) is 11.8. The number of rotatable bonds is 8. The number of nitrogens with zero attached hydrogens (tertiary/aromatic N) is 1. The van der Waals surface area contributed by atoms with Crippen LogP contribution in [-0.4, -0.2) is 30.2 Å². The number of para-hydroxylation sites is 1. The quantitative estimate of drug-likeness (QED) is 0.718. The highest BCUT2D eigenvalue weighted by Crippen LogP contribution is 2.13. The molecule has 0 saturated carbocycles. The molecule has 2 amide bonds. The first-order valence-electron chi connectivity index (χ1n) is 6.97. The summed E-state index contributed by atoms with van der Waals surface area (Å²) in [5, 5.41) is 11.6. The zero-order valence-corrected chi connectivity index (χ0v) is 11.8. The Labute approximate surface area is 119 Å². The molecule has 0 aliphatic heterocycles. The van der Waals surface area contributed by atoms with Gasteiger partial charge < -0.3 is 10.4 Å². The molecule has 1 rings (SSSR count). The predicted octanol–water partition coefficient (Wildman–Crippen LogP) is 2.87. The number of carboxylic acids is 1. The van der Waals surface area contributed by atoms with E-state index in [1.54, 1.807) is 12.1 Å². The van der Waals surface area contributed by atoms with Gasteiger partial charge in [-0.15, -0.1) is 0 Å². The number of unbranched alkanes of at least 4 members (excludes halogenated alkanes) is 2. The van der Waals surface area contributed by atoms with Crippen molar-refractivity contribution in [3.8, 4) is 0 Å². The Kier molecular flexibility index (Phi) is 7.17. The van der Waals surface area contributed by atoms with Crippen LogP contribution in [0.5, 0.6) is 0 Å². The van der Waals surface area contributed by atoms with Crippen molar-refractivity contribution in [1.82, 2.24) is 5.32 Å². The third-order valence-electron chi connectivity index (χ3n) is 2.92. The van der Waals surface area contributed by atoms with E-state index in [2.05, 4.69) is 12.2 Å². The Morgan fingerprint density at radius 3 is 2.50 bits per heavy atom. The van der Waals surface area contributed by atoms with Gasteiger partial charge in [0.25, 0.3) is 0 Å². The maximum absolute atomic E-state index is 12.1. The highest BCUT2D eigenvalue weighted by Gasteiger charge is 2.15. The minimum Gasteiger partial charge on any atom is -0.481 e. The average molecular weight is 278 g/mol. The molecular weight excluding hydrogens is 256 g/mol. The molecule has 0 unspecified atom stereocenters. The van der Waals surface area contributed by atoms with Gasteiger partial charge in [0.15, 0.2) is 0 Å². The van der Waals surface area contributed by atoms with Gasteiger partial charge in [-0.1, -0.05) is 38.0 Å². The topological polar surface area (TPSA) is 69.6 Å². The summed E-state index contributed by atoms with van der Waals surface area (Å²) in [6, 6.07) is 8.87. The molecule has 2 N–H and O–H groups in total. The maximum Gasteiger partial charge on any atom is 0.321 e. The minimum absolute atomic E-state index is 0.0721. The summed E-state index contributed by atoms with van der Waals surface area (Å²) in [5.41, 5.74) is 0.710. The molecule has 5 heteroatoms. The van der Waals surface area contributed by atoms with Crippen molar-refractivity contribution in [3.63, 3.8) is 0 Å². The zero-order chi connectivity index (χ0) is 14.8. The number of aliphatic carboxylic acids is 1. The molecule has 0 aromatic heterocycles. The molecule has 20 heavy (non-hydrogen) atoms. The lowest BCUT2D eigenvalue weighted by Gasteiger charge is -2.22. The van der Waals surface area contributed by atoms with Crippen molar-refractivity contribution in [2.75, 3.05) is 18.0 Å². The van der Waals surface area contributed by atoms with Gasteiger partial charge in [-0.3, -0.25) is 9.69 Å². The van der Waals surface area contributed by atoms with Gasteiger partial charge in [-0.05, 0) is 18.6 Å². The molecule has 1 aromatic carbocycles. The van der Waals surface area contributed by atoms with Gasteiger partial charge in [0.1, 0.15) is 0 Å². The van der Waals surface area contributed by atoms with Crippen LogP contribution in [0.2, 0.25) is 0 Å². The van der Waals surface area contributed by atoms with Crippen LogP contribution in [-0.2, 0) is 4.79 Å². The second-order valence-corrected chi connectivity index (χ2v) is 4.57. The molecule has 0 radical (unpaired) electrons. The molecule has 0 heterocycles. The number of hydrogen-bond acceptors (Lipinski definition) is 2. The van der Waals surface area contributed by atoms with Crippen molar-refractivity contribution in [1.29, 1.82) is 0 Å². The van der Waals surface area contributed by atoms with Crippen molar-refractivity contribution in [3.05, 3.63) is 30.3 Å². The SMILES string of the molecule is CCCCCNC(=O)N(CCC(=O)O)c1ccccc1. The Morgan fingerprint density at radius 2 is 1.90 bits per heavy atom.